The maximum absolute atomic E-state index is 8.89. The molecule has 0 saturated heterocycles. The largest absolute Gasteiger partial charge is 1.00 e. The van der Waals surface area contributed by atoms with Crippen LogP contribution in [-0.4, -0.2) is 40.7 Å². The van der Waals surface area contributed by atoms with Gasteiger partial charge in [-0.05, 0) is 11.2 Å². The molecule has 0 aromatic heterocycles. The summed E-state index contributed by atoms with van der Waals surface area (Å²) in [7, 11) is -4.33. The minimum Gasteiger partial charge on any atom is -0.780 e. The molecular weight excluding hydrogens is 215 g/mol. The summed E-state index contributed by atoms with van der Waals surface area (Å²) in [6.45, 7) is 0. The van der Waals surface area contributed by atoms with Gasteiger partial charge >= 0.3 is 29.6 Å². The van der Waals surface area contributed by atoms with Crippen LogP contribution < -0.4 is 29.6 Å². The van der Waals surface area contributed by atoms with E-state index >= 15 is 0 Å². The zero-order valence-corrected chi connectivity index (χ0v) is 9.17. The molecule has 0 spiro atoms. The van der Waals surface area contributed by atoms with Crippen molar-refractivity contribution in [1.29, 1.82) is 0 Å². The van der Waals surface area contributed by atoms with E-state index in [-0.39, 0.29) is 56.9 Å². The van der Waals surface area contributed by atoms with Gasteiger partial charge in [0.1, 0.15) is 0 Å². The zero-order valence-electron chi connectivity index (χ0n) is 5.54. The molecule has 0 unspecified atom stereocenters. The molecule has 0 rings (SSSR count). The Bertz CT molecular complexity index is 95.3. The van der Waals surface area contributed by atoms with Crippen molar-refractivity contribution in [3.8, 4) is 0 Å². The van der Waals surface area contributed by atoms with Crippen LogP contribution >= 0.6 is 0 Å². The average Bonchev–Trinajstić information content (AvgIpc) is 0.722. The topological polar surface area (TPSA) is 221 Å². The van der Waals surface area contributed by atoms with Crippen LogP contribution in [-0.2, 0) is 20.2 Å². The predicted molar refractivity (Wildman–Crippen MR) is 35.1 cm³/mol. The van der Waals surface area contributed by atoms with Crippen LogP contribution in [0, 0.1) is 0 Å². The summed E-state index contributed by atoms with van der Waals surface area (Å²) in [6.07, 6.45) is 0. The van der Waals surface area contributed by atoms with Gasteiger partial charge in [0.25, 0.3) is 0 Å². The monoisotopic (exact) mass is 225 g/mol. The fourth-order valence-corrected chi connectivity index (χ4v) is 0. The molecule has 0 bridgehead atoms. The third kappa shape index (κ3) is 771. The van der Waals surface area contributed by atoms with E-state index in [0.29, 0.717) is 0 Å². The number of rotatable bonds is 0. The van der Waals surface area contributed by atoms with Gasteiger partial charge in [-0.3, -0.25) is 4.21 Å². The molecule has 0 aliphatic heterocycles. The molecule has 0 amide bonds. The maximum Gasteiger partial charge on any atom is 1.00 e. The van der Waals surface area contributed by atoms with E-state index in [9.17, 15) is 0 Å². The summed E-state index contributed by atoms with van der Waals surface area (Å²) in [5.74, 6) is 0. The van der Waals surface area contributed by atoms with E-state index in [1.165, 1.54) is 0 Å². The first-order valence-electron chi connectivity index (χ1n) is 0.667. The van der Waals surface area contributed by atoms with Crippen molar-refractivity contribution in [1.82, 2.24) is 0 Å². The van der Waals surface area contributed by atoms with Crippen molar-refractivity contribution < 1.29 is 70.3 Å². The Labute approximate surface area is 90.1 Å². The van der Waals surface area contributed by atoms with E-state index in [1.807, 2.05) is 0 Å². The van der Waals surface area contributed by atoms with Crippen LogP contribution in [0.3, 0.4) is 0 Å². The van der Waals surface area contributed by atoms with Crippen LogP contribution in [0.5, 0.6) is 0 Å². The number of hydrogen-bond acceptors (Lipinski definition) is 4. The zero-order chi connectivity index (χ0) is 4.50. The predicted octanol–water partition coefficient (Wildman–Crippen LogP) is -8.13. The van der Waals surface area contributed by atoms with Gasteiger partial charge in [-0.1, -0.05) is 0 Å². The van der Waals surface area contributed by atoms with Crippen LogP contribution in [0.2, 0.25) is 0 Å². The molecule has 10 N–H and O–H groups in total. The van der Waals surface area contributed by atoms with Crippen LogP contribution in [0.1, 0.15) is 0 Å². The first-order valence-corrected chi connectivity index (χ1v) is 3.00. The van der Waals surface area contributed by atoms with Crippen LogP contribution in [0.25, 0.3) is 0 Å². The molecule has 0 aliphatic carbocycles. The molecule has 11 heavy (non-hydrogen) atoms. The van der Waals surface area contributed by atoms with Gasteiger partial charge in [-0.2, -0.15) is 0 Å². The fourth-order valence-electron chi connectivity index (χ4n) is 0. The van der Waals surface area contributed by atoms with Gasteiger partial charge in [0.15, 0.2) is 0 Å². The Morgan fingerprint density at radius 3 is 0.909 bits per heavy atom. The summed E-state index contributed by atoms with van der Waals surface area (Å²) in [5.41, 5.74) is 0. The van der Waals surface area contributed by atoms with Crippen molar-refractivity contribution in [3.63, 3.8) is 0 Å². The van der Waals surface area contributed by atoms with Gasteiger partial charge in [0.05, 0.1) is 0 Å². The summed E-state index contributed by atoms with van der Waals surface area (Å²) >= 11 is 3.24. The van der Waals surface area contributed by atoms with Crippen molar-refractivity contribution in [2.45, 2.75) is 0 Å². The first kappa shape index (κ1) is 57.4. The minimum absolute atomic E-state index is 0. The van der Waals surface area contributed by atoms with E-state index in [4.69, 9.17) is 13.3 Å². The molecule has 11 heteroatoms. The van der Waals surface area contributed by atoms with Crippen LogP contribution in [0.4, 0.5) is 0 Å². The molecule has 72 valence electrons. The van der Waals surface area contributed by atoms with Crippen molar-refractivity contribution >= 4 is 20.2 Å². The number of hydrogen-bond donors (Lipinski definition) is 0. The smallest absolute Gasteiger partial charge is 0.780 e. The molecule has 0 aromatic carbocycles. The van der Waals surface area contributed by atoms with Gasteiger partial charge in [0.2, 0.25) is 0 Å². The summed E-state index contributed by atoms with van der Waals surface area (Å²) in [6, 6.07) is 0. The van der Waals surface area contributed by atoms with Gasteiger partial charge in [-0.25, -0.2) is 0 Å². The molecule has 0 radical (unpaired) electrons. The Hall–Kier alpha value is 1.09. The van der Waals surface area contributed by atoms with E-state index in [2.05, 4.69) is 11.2 Å². The van der Waals surface area contributed by atoms with Crippen LogP contribution in [0.15, 0.2) is 0 Å². The fraction of sp³-hybridized carbons (Fsp3) is 0. The first-order chi connectivity index (χ1) is 2.00. The summed E-state index contributed by atoms with van der Waals surface area (Å²) in [4.78, 5) is 0. The van der Waals surface area contributed by atoms with Gasteiger partial charge in [0, 0.05) is 0 Å². The van der Waals surface area contributed by atoms with Crippen molar-refractivity contribution in [3.05, 3.63) is 0 Å². The third-order valence-electron chi connectivity index (χ3n) is 0. The Morgan fingerprint density at radius 2 is 0.909 bits per heavy atom. The van der Waals surface area contributed by atoms with E-state index in [0.717, 1.165) is 0 Å². The summed E-state index contributed by atoms with van der Waals surface area (Å²) < 4.78 is 26.7. The third-order valence-corrected chi connectivity index (χ3v) is 0. The molecule has 0 aliphatic rings. The average molecular weight is 225 g/mol. The Morgan fingerprint density at radius 1 is 0.909 bits per heavy atom. The summed E-state index contributed by atoms with van der Waals surface area (Å²) in [5, 5.41) is 0. The van der Waals surface area contributed by atoms with E-state index < -0.39 is 9.05 Å². The quantitative estimate of drug-likeness (QED) is 0.366. The molecule has 0 atom stereocenters. The maximum atomic E-state index is 8.89. The molecular formula is H10NaO8S2-. The molecule has 0 fully saturated rings. The molecule has 0 saturated carbocycles. The second-order valence-corrected chi connectivity index (χ2v) is 2.45. The molecule has 0 aromatic rings. The van der Waals surface area contributed by atoms with E-state index in [1.54, 1.807) is 0 Å². The molecule has 0 heterocycles. The van der Waals surface area contributed by atoms with Crippen molar-refractivity contribution in [2.75, 3.05) is 0 Å². The standard InChI is InChI=1S/Na.H2O3S2.5H2O/c;1-5(2,3)4;;;;;/h;(H2,1,2,3,4);5*1H2/q+1;;;;;;/p-2. The second-order valence-electron chi connectivity index (χ2n) is 0.408. The van der Waals surface area contributed by atoms with Gasteiger partial charge in [-0.15, -0.1) is 9.05 Å². The second kappa shape index (κ2) is 22.5. The van der Waals surface area contributed by atoms with Crippen molar-refractivity contribution in [2.24, 2.45) is 0 Å². The Kier molecular flexibility index (Phi) is 117. The SMILES string of the molecule is O.O.O.O.O.O=S([O-])([O-])=S.[Na+]. The molecule has 8 nitrogen and oxygen atoms in total. The normalized spacial score (nSPS) is 5.27. The van der Waals surface area contributed by atoms with Gasteiger partial charge < -0.3 is 36.5 Å². The minimum atomic E-state index is -4.33. The Balaban J connectivity index is -0.00000000533.